The van der Waals surface area contributed by atoms with Gasteiger partial charge in [-0.05, 0) is 149 Å². The topological polar surface area (TPSA) is 43.5 Å². The van der Waals surface area contributed by atoms with Gasteiger partial charge in [0.1, 0.15) is 17.4 Å². The molecule has 3 heteroatoms. The summed E-state index contributed by atoms with van der Waals surface area (Å²) in [7, 11) is 0. The minimum atomic E-state index is -0.495. The van der Waals surface area contributed by atoms with Gasteiger partial charge in [-0.2, -0.15) is 4.58 Å². The third-order valence-electron chi connectivity index (χ3n) is 15.1. The van der Waals surface area contributed by atoms with Crippen LogP contribution in [0.15, 0.2) is 243 Å². The van der Waals surface area contributed by atoms with Crippen LogP contribution in [-0.4, -0.2) is 15.9 Å². The molecule has 0 bridgehead atoms. The summed E-state index contributed by atoms with van der Waals surface area (Å²) in [5.41, 5.74) is 17.7. The Balaban J connectivity index is 0.000000142. The van der Waals surface area contributed by atoms with Crippen LogP contribution in [-0.2, 0) is 18.3 Å². The van der Waals surface area contributed by atoms with E-state index in [9.17, 15) is 10.2 Å². The number of phenolic OH excluding ortho intramolecular Hbond substituents is 2. The first-order valence-electron chi connectivity index (χ1n) is 27.2. The van der Waals surface area contributed by atoms with Gasteiger partial charge in [-0.25, -0.2) is 0 Å². The van der Waals surface area contributed by atoms with Crippen molar-refractivity contribution in [3.63, 3.8) is 0 Å². The lowest BCUT2D eigenvalue weighted by Crippen LogP contribution is -2.28. The fourth-order valence-electron chi connectivity index (χ4n) is 11.6. The summed E-state index contributed by atoms with van der Waals surface area (Å²) in [6.45, 7) is 12.4. The molecular formula is C73H66NO2+. The van der Waals surface area contributed by atoms with Crippen molar-refractivity contribution >= 4 is 55.5 Å². The van der Waals surface area contributed by atoms with E-state index in [1.54, 1.807) is 12.1 Å². The van der Waals surface area contributed by atoms with Crippen molar-refractivity contribution in [1.29, 1.82) is 0 Å². The van der Waals surface area contributed by atoms with E-state index in [-0.39, 0.29) is 17.4 Å². The second-order valence-electron chi connectivity index (χ2n) is 19.1. The van der Waals surface area contributed by atoms with Gasteiger partial charge in [0.05, 0.1) is 11.0 Å². The van der Waals surface area contributed by atoms with Crippen LogP contribution in [0.4, 0.5) is 11.4 Å². The molecule has 0 radical (unpaired) electrons. The Hall–Kier alpha value is -8.79. The highest BCUT2D eigenvalue weighted by molar-refractivity contribution is 6.16. The van der Waals surface area contributed by atoms with Crippen LogP contribution in [0.3, 0.4) is 0 Å². The van der Waals surface area contributed by atoms with Gasteiger partial charge in [0.25, 0.3) is 0 Å². The van der Waals surface area contributed by atoms with Crippen LogP contribution in [0.5, 0.6) is 11.5 Å². The highest BCUT2D eigenvalue weighted by Crippen LogP contribution is 2.57. The van der Waals surface area contributed by atoms with Gasteiger partial charge >= 0.3 is 0 Å². The molecule has 0 fully saturated rings. The summed E-state index contributed by atoms with van der Waals surface area (Å²) in [6.07, 6.45) is 6.84. The number of aromatic hydroxyl groups is 2. The van der Waals surface area contributed by atoms with Crippen LogP contribution in [0.2, 0.25) is 0 Å². The van der Waals surface area contributed by atoms with E-state index in [0.29, 0.717) is 0 Å². The molecule has 11 aromatic carbocycles. The number of nitrogens with zero attached hydrogens (tertiary/aromatic N) is 1. The zero-order chi connectivity index (χ0) is 52.8. The second kappa shape index (κ2) is 22.4. The first-order chi connectivity index (χ1) is 37.4. The Bertz CT molecular complexity index is 3760. The summed E-state index contributed by atoms with van der Waals surface area (Å²) < 4.78 is 2.43. The van der Waals surface area contributed by atoms with Gasteiger partial charge in [-0.1, -0.05) is 217 Å². The van der Waals surface area contributed by atoms with Crippen molar-refractivity contribution in [3.05, 3.63) is 293 Å². The third-order valence-corrected chi connectivity index (χ3v) is 15.1. The van der Waals surface area contributed by atoms with Crippen molar-refractivity contribution < 1.29 is 10.2 Å². The van der Waals surface area contributed by atoms with Gasteiger partial charge in [0.2, 0.25) is 11.4 Å². The van der Waals surface area contributed by atoms with E-state index in [0.717, 1.165) is 34.4 Å². The number of para-hydroxylation sites is 1. The lowest BCUT2D eigenvalue weighted by Gasteiger charge is -2.34. The fraction of sp³-hybridized carbons (Fsp3) is 0.137. The summed E-state index contributed by atoms with van der Waals surface area (Å²) >= 11 is 0. The maximum atomic E-state index is 10.0. The summed E-state index contributed by atoms with van der Waals surface area (Å²) in [6, 6.07) is 83.2. The molecule has 3 aliphatic rings. The number of allylic oxidation sites excluding steroid dienone is 1. The van der Waals surface area contributed by atoms with E-state index in [1.165, 1.54) is 89.1 Å². The van der Waals surface area contributed by atoms with E-state index in [4.69, 9.17) is 0 Å². The summed E-state index contributed by atoms with van der Waals surface area (Å²) in [5, 5.41) is 26.9. The van der Waals surface area contributed by atoms with Crippen molar-refractivity contribution in [3.8, 4) is 22.6 Å². The van der Waals surface area contributed by atoms with Gasteiger partial charge < -0.3 is 10.2 Å². The zero-order valence-electron chi connectivity index (χ0n) is 44.5. The summed E-state index contributed by atoms with van der Waals surface area (Å²) in [5.74, 6) is 0.816. The number of phenols is 2. The average molecular weight is 989 g/mol. The number of hydrogen-bond donors (Lipinski definition) is 2. The molecule has 14 rings (SSSR count). The van der Waals surface area contributed by atoms with Crippen LogP contribution in [0.1, 0.15) is 97.5 Å². The number of aryl methyl sites for hydroxylation is 2. The molecule has 0 spiro atoms. The Morgan fingerprint density at radius 3 is 1.47 bits per heavy atom. The van der Waals surface area contributed by atoms with Crippen molar-refractivity contribution in [2.24, 2.45) is 0 Å². The first kappa shape index (κ1) is 50.7. The fourth-order valence-corrected chi connectivity index (χ4v) is 11.6. The van der Waals surface area contributed by atoms with E-state index in [1.807, 2.05) is 52.0 Å². The molecule has 2 N–H and O–H groups in total. The molecule has 11 aromatic rings. The van der Waals surface area contributed by atoms with E-state index in [2.05, 4.69) is 231 Å². The predicted molar refractivity (Wildman–Crippen MR) is 324 cm³/mol. The van der Waals surface area contributed by atoms with Gasteiger partial charge in [0, 0.05) is 24.3 Å². The normalized spacial score (nSPS) is 13.7. The summed E-state index contributed by atoms with van der Waals surface area (Å²) in [4.78, 5) is 0. The quantitative estimate of drug-likeness (QED) is 0.169. The van der Waals surface area contributed by atoms with Crippen LogP contribution >= 0.6 is 0 Å². The maximum absolute atomic E-state index is 10.0. The highest BCUT2D eigenvalue weighted by Gasteiger charge is 2.46. The second-order valence-corrected chi connectivity index (χ2v) is 19.1. The standard InChI is InChI=1S/C33H22O2.C26H18N.C10H14.2C2H6/c34-27-15-11-21-17-25(13-9-23(21)19-27)33(26-14-10-24-20-28(35)16-12-22(24)18-26)31-7-3-1-5-29(31)30-6-2-4-8-32(30)33;1-2-10-20(11-3-1)27-23-16-14-18-8-4-6-12-21(18)25(23)26-22-13-7-5-9-19(22)15-17-24(26)27;1-3-9-5-7-10(4-2)8-6-9;2*1-2/h1-20,34-35H;1-17,25H;5-8H,3-4H2,1-2H3;2*1-2H3/q;+1;;;. The van der Waals surface area contributed by atoms with Gasteiger partial charge in [0.15, 0.2) is 5.71 Å². The molecule has 3 nitrogen and oxygen atoms in total. The lowest BCUT2D eigenvalue weighted by molar-refractivity contribution is 0.475. The molecule has 1 unspecified atom stereocenters. The molecule has 0 saturated carbocycles. The Labute approximate surface area is 449 Å². The minimum absolute atomic E-state index is 0.271. The highest BCUT2D eigenvalue weighted by atomic mass is 16.3. The van der Waals surface area contributed by atoms with Crippen LogP contribution in [0, 0.1) is 0 Å². The Morgan fingerprint density at radius 1 is 0.421 bits per heavy atom. The molecule has 2 aliphatic carbocycles. The van der Waals surface area contributed by atoms with Gasteiger partial charge in [-0.15, -0.1) is 0 Å². The van der Waals surface area contributed by atoms with E-state index < -0.39 is 5.41 Å². The van der Waals surface area contributed by atoms with Crippen molar-refractivity contribution in [2.45, 2.75) is 65.7 Å². The largest absolute Gasteiger partial charge is 0.508 e. The smallest absolute Gasteiger partial charge is 0.216 e. The number of benzene rings is 11. The van der Waals surface area contributed by atoms with Crippen molar-refractivity contribution in [1.82, 2.24) is 4.58 Å². The molecule has 0 saturated heterocycles. The average Bonchev–Trinajstić information content (AvgIpc) is 4.00. The molecule has 374 valence electrons. The van der Waals surface area contributed by atoms with E-state index >= 15 is 0 Å². The molecule has 0 amide bonds. The molecular weight excluding hydrogens is 923 g/mol. The van der Waals surface area contributed by atoms with Crippen LogP contribution in [0.25, 0.3) is 49.5 Å². The number of rotatable bonds is 5. The molecule has 1 heterocycles. The van der Waals surface area contributed by atoms with Gasteiger partial charge in [-0.3, -0.25) is 0 Å². The zero-order valence-corrected chi connectivity index (χ0v) is 44.5. The molecule has 1 atom stereocenters. The lowest BCUT2D eigenvalue weighted by atomic mass is 9.67. The van der Waals surface area contributed by atoms with Crippen LogP contribution < -0.4 is 4.58 Å². The Kier molecular flexibility index (Phi) is 14.9. The third kappa shape index (κ3) is 9.17. The number of hydrogen-bond acceptors (Lipinski definition) is 2. The molecule has 1 aliphatic heterocycles. The predicted octanol–water partition coefficient (Wildman–Crippen LogP) is 18.9. The SMILES string of the molecule is C1=Cc2ccccc2C2C1=[N+](c1ccccc1)c1ccc3ccccc3c12.CC.CC.CCc1ccc(CC)cc1.Oc1ccc2cc(C3(c4ccc5cc(O)ccc5c4)c4ccccc4-c4ccccc43)ccc2c1. The molecule has 0 aromatic heterocycles. The first-order valence-corrected chi connectivity index (χ1v) is 27.2. The number of fused-ring (bicyclic) bond motifs is 12. The van der Waals surface area contributed by atoms with Crippen molar-refractivity contribution in [2.75, 3.05) is 0 Å². The monoisotopic (exact) mass is 989 g/mol. The Morgan fingerprint density at radius 2 is 0.895 bits per heavy atom. The molecule has 76 heavy (non-hydrogen) atoms. The maximum Gasteiger partial charge on any atom is 0.216 e. The minimum Gasteiger partial charge on any atom is -0.508 e.